The summed E-state index contributed by atoms with van der Waals surface area (Å²) in [6.07, 6.45) is 2.18. The minimum Gasteiger partial charge on any atom is -0.389 e. The van der Waals surface area contributed by atoms with Crippen LogP contribution in [0.1, 0.15) is 38.2 Å². The maximum Gasteiger partial charge on any atom is 0.222 e. The summed E-state index contributed by atoms with van der Waals surface area (Å²) >= 11 is 12.2. The van der Waals surface area contributed by atoms with Gasteiger partial charge in [0.2, 0.25) is 5.91 Å². The van der Waals surface area contributed by atoms with E-state index >= 15 is 0 Å². The molecule has 3 rings (SSSR count). The van der Waals surface area contributed by atoms with E-state index < -0.39 is 6.10 Å². The van der Waals surface area contributed by atoms with Crippen LogP contribution in [-0.2, 0) is 20.8 Å². The van der Waals surface area contributed by atoms with Gasteiger partial charge in [0, 0.05) is 25.7 Å². The predicted octanol–water partition coefficient (Wildman–Crippen LogP) is 3.02. The van der Waals surface area contributed by atoms with Crippen molar-refractivity contribution in [1.82, 2.24) is 10.2 Å². The van der Waals surface area contributed by atoms with Crippen LogP contribution >= 0.6 is 23.2 Å². The van der Waals surface area contributed by atoms with Crippen LogP contribution in [0.4, 0.5) is 0 Å². The lowest BCUT2D eigenvalue weighted by Crippen LogP contribution is -2.55. The molecular weight excluding hydrogens is 415 g/mol. The van der Waals surface area contributed by atoms with Crippen molar-refractivity contribution in [3.05, 3.63) is 33.8 Å². The molecule has 29 heavy (non-hydrogen) atoms. The largest absolute Gasteiger partial charge is 0.389 e. The maximum absolute atomic E-state index is 12.1. The Kier molecular flexibility index (Phi) is 8.59. The molecule has 2 N–H and O–H groups in total. The van der Waals surface area contributed by atoms with E-state index in [-0.39, 0.29) is 30.8 Å². The number of ether oxygens (including phenoxy) is 2. The van der Waals surface area contributed by atoms with Gasteiger partial charge < -0.3 is 19.9 Å². The highest BCUT2D eigenvalue weighted by Crippen LogP contribution is 2.30. The highest BCUT2D eigenvalue weighted by molar-refractivity contribution is 6.42. The topological polar surface area (TPSA) is 71.0 Å². The second kappa shape index (κ2) is 10.9. The number of amides is 1. The van der Waals surface area contributed by atoms with Gasteiger partial charge in [0.1, 0.15) is 0 Å². The molecule has 0 unspecified atom stereocenters. The fourth-order valence-electron chi connectivity index (χ4n) is 4.04. The Morgan fingerprint density at radius 1 is 1.28 bits per heavy atom. The molecule has 0 spiro atoms. The Labute approximate surface area is 182 Å². The van der Waals surface area contributed by atoms with E-state index in [1.165, 1.54) is 0 Å². The van der Waals surface area contributed by atoms with Crippen LogP contribution in [0.2, 0.25) is 10.0 Å². The van der Waals surface area contributed by atoms with Crippen molar-refractivity contribution in [2.24, 2.45) is 0 Å². The van der Waals surface area contributed by atoms with Gasteiger partial charge in [-0.3, -0.25) is 9.69 Å². The lowest BCUT2D eigenvalue weighted by molar-refractivity contribution is -0.158. The Morgan fingerprint density at radius 3 is 2.86 bits per heavy atom. The Hall–Kier alpha value is -0.890. The lowest BCUT2D eigenvalue weighted by Gasteiger charge is -2.44. The van der Waals surface area contributed by atoms with Crippen molar-refractivity contribution in [2.45, 2.75) is 63.5 Å². The second-order valence-corrected chi connectivity index (χ2v) is 8.68. The standard InChI is InChI=1S/C21H30Cl2N2O4/c1-2-7-24-21(27)9-16-4-6-19-20(29-16)13-28-12-15(26)11-25(19)10-14-3-5-17(22)18(23)8-14/h3,5,8,15-16,19-20,26H,2,4,6-7,9-13H2,1H3,(H,24,27)/t15-,16-,19-,20+/m1/s1. The molecule has 4 atom stereocenters. The van der Waals surface area contributed by atoms with Crippen LogP contribution in [0.25, 0.3) is 0 Å². The van der Waals surface area contributed by atoms with E-state index in [0.717, 1.165) is 24.8 Å². The zero-order chi connectivity index (χ0) is 20.8. The third-order valence-electron chi connectivity index (χ3n) is 5.44. The second-order valence-electron chi connectivity index (χ2n) is 7.86. The monoisotopic (exact) mass is 444 g/mol. The molecule has 1 aromatic rings. The number of halogens is 2. The Bertz CT molecular complexity index is 691. The van der Waals surface area contributed by atoms with Gasteiger partial charge in [-0.1, -0.05) is 36.2 Å². The van der Waals surface area contributed by atoms with E-state index in [1.807, 2.05) is 19.1 Å². The fourth-order valence-corrected chi connectivity index (χ4v) is 4.36. The number of benzene rings is 1. The minimum atomic E-state index is -0.559. The number of aliphatic hydroxyl groups is 1. The molecule has 2 aliphatic rings. The van der Waals surface area contributed by atoms with Gasteiger partial charge in [-0.25, -0.2) is 0 Å². The summed E-state index contributed by atoms with van der Waals surface area (Å²) in [7, 11) is 0. The number of nitrogens with one attached hydrogen (secondary N) is 1. The smallest absolute Gasteiger partial charge is 0.222 e. The van der Waals surface area contributed by atoms with Crippen molar-refractivity contribution in [3.63, 3.8) is 0 Å². The molecule has 2 saturated heterocycles. The van der Waals surface area contributed by atoms with Gasteiger partial charge in [-0.05, 0) is 37.0 Å². The summed E-state index contributed by atoms with van der Waals surface area (Å²) in [4.78, 5) is 14.3. The number of nitrogens with zero attached hydrogens (tertiary/aromatic N) is 1. The molecule has 0 aromatic heterocycles. The highest BCUT2D eigenvalue weighted by atomic mass is 35.5. The van der Waals surface area contributed by atoms with Gasteiger partial charge in [-0.15, -0.1) is 0 Å². The van der Waals surface area contributed by atoms with E-state index in [9.17, 15) is 9.90 Å². The predicted molar refractivity (Wildman–Crippen MR) is 113 cm³/mol. The number of carbonyl (C=O) groups excluding carboxylic acids is 1. The van der Waals surface area contributed by atoms with Crippen LogP contribution in [0.5, 0.6) is 0 Å². The van der Waals surface area contributed by atoms with E-state index in [4.69, 9.17) is 32.7 Å². The number of rotatable bonds is 6. The summed E-state index contributed by atoms with van der Waals surface area (Å²) in [5.41, 5.74) is 1.04. The molecule has 0 aliphatic carbocycles. The molecule has 0 radical (unpaired) electrons. The van der Waals surface area contributed by atoms with Crippen molar-refractivity contribution < 1.29 is 19.4 Å². The first-order chi connectivity index (χ1) is 14.0. The number of carbonyl (C=O) groups is 1. The normalized spacial score (nSPS) is 28.3. The molecule has 162 valence electrons. The third-order valence-corrected chi connectivity index (χ3v) is 6.18. The van der Waals surface area contributed by atoms with Gasteiger partial charge in [-0.2, -0.15) is 0 Å². The van der Waals surface area contributed by atoms with Crippen LogP contribution in [0, 0.1) is 0 Å². The zero-order valence-corrected chi connectivity index (χ0v) is 18.3. The SMILES string of the molecule is CCCNC(=O)C[C@H]1CC[C@@H]2[C@H](COC[C@H](O)CN2Cc2ccc(Cl)c(Cl)c2)O1. The molecule has 1 amide bonds. The van der Waals surface area contributed by atoms with Crippen molar-refractivity contribution in [3.8, 4) is 0 Å². The summed E-state index contributed by atoms with van der Waals surface area (Å²) in [6.45, 7) is 4.53. The molecule has 2 aliphatic heterocycles. The minimum absolute atomic E-state index is 0.0325. The van der Waals surface area contributed by atoms with Gasteiger partial charge in [0.15, 0.2) is 0 Å². The highest BCUT2D eigenvalue weighted by Gasteiger charge is 2.38. The van der Waals surface area contributed by atoms with Gasteiger partial charge >= 0.3 is 0 Å². The van der Waals surface area contributed by atoms with E-state index in [2.05, 4.69) is 10.2 Å². The summed E-state index contributed by atoms with van der Waals surface area (Å²) < 4.78 is 11.9. The quantitative estimate of drug-likeness (QED) is 0.705. The lowest BCUT2D eigenvalue weighted by atomic mass is 9.94. The average molecular weight is 445 g/mol. The van der Waals surface area contributed by atoms with Crippen molar-refractivity contribution in [2.75, 3.05) is 26.3 Å². The molecular formula is C21H30Cl2N2O4. The number of fused-ring (bicyclic) bond motifs is 1. The van der Waals surface area contributed by atoms with E-state index in [0.29, 0.717) is 42.7 Å². The summed E-state index contributed by atoms with van der Waals surface area (Å²) in [6, 6.07) is 5.72. The summed E-state index contributed by atoms with van der Waals surface area (Å²) in [5, 5.41) is 14.3. The van der Waals surface area contributed by atoms with Gasteiger partial charge in [0.25, 0.3) is 0 Å². The number of hydrogen-bond acceptors (Lipinski definition) is 5. The molecule has 2 fully saturated rings. The Balaban J connectivity index is 1.67. The number of aliphatic hydroxyl groups excluding tert-OH is 1. The van der Waals surface area contributed by atoms with Gasteiger partial charge in [0.05, 0.1) is 48.0 Å². The zero-order valence-electron chi connectivity index (χ0n) is 16.8. The molecule has 8 heteroatoms. The molecule has 1 aromatic carbocycles. The first-order valence-corrected chi connectivity index (χ1v) is 11.1. The first-order valence-electron chi connectivity index (χ1n) is 10.3. The first kappa shape index (κ1) is 22.8. The van der Waals surface area contributed by atoms with Crippen molar-refractivity contribution >= 4 is 29.1 Å². The molecule has 0 bridgehead atoms. The van der Waals surface area contributed by atoms with Crippen LogP contribution < -0.4 is 5.32 Å². The maximum atomic E-state index is 12.1. The number of hydrogen-bond donors (Lipinski definition) is 2. The van der Waals surface area contributed by atoms with E-state index in [1.54, 1.807) is 6.07 Å². The van der Waals surface area contributed by atoms with Crippen LogP contribution in [-0.4, -0.2) is 66.6 Å². The Morgan fingerprint density at radius 2 is 2.10 bits per heavy atom. The fraction of sp³-hybridized carbons (Fsp3) is 0.667. The third kappa shape index (κ3) is 6.54. The summed E-state index contributed by atoms with van der Waals surface area (Å²) in [5.74, 6) is 0.0325. The van der Waals surface area contributed by atoms with Crippen LogP contribution in [0.15, 0.2) is 18.2 Å². The van der Waals surface area contributed by atoms with Crippen molar-refractivity contribution in [1.29, 1.82) is 0 Å². The van der Waals surface area contributed by atoms with Crippen LogP contribution in [0.3, 0.4) is 0 Å². The molecule has 2 heterocycles. The molecule has 6 nitrogen and oxygen atoms in total. The average Bonchev–Trinajstić information content (AvgIpc) is 2.68. The number of β-amino-alcohol motifs (C(OH)–C–C–N with tert-alkyl or cyclic N) is 1. The molecule has 0 saturated carbocycles.